The highest BCUT2D eigenvalue weighted by Crippen LogP contribution is 2.44. The molecule has 0 bridgehead atoms. The van der Waals surface area contributed by atoms with Crippen molar-refractivity contribution in [2.24, 2.45) is 0 Å². The van der Waals surface area contributed by atoms with E-state index in [0.717, 1.165) is 33.6 Å². The number of methoxy groups -OCH3 is 1. The fourth-order valence-electron chi connectivity index (χ4n) is 3.78. The first-order chi connectivity index (χ1) is 17.0. The van der Waals surface area contributed by atoms with Crippen molar-refractivity contribution in [3.63, 3.8) is 0 Å². The monoisotopic (exact) mass is 497 g/mol. The normalized spacial score (nSPS) is 12.9. The van der Waals surface area contributed by atoms with Crippen molar-refractivity contribution in [2.75, 3.05) is 20.3 Å². The van der Waals surface area contributed by atoms with Crippen LogP contribution in [0.5, 0.6) is 0 Å². The predicted octanol–water partition coefficient (Wildman–Crippen LogP) is 2.94. The zero-order valence-corrected chi connectivity index (χ0v) is 19.5. The number of benzene rings is 2. The number of fused-ring (bicyclic) bond motifs is 3. The van der Waals surface area contributed by atoms with Gasteiger partial charge in [-0.05, 0) is 22.3 Å². The number of hydrogen-bond donors (Lipinski definition) is 3. The molecule has 2 amide bonds. The van der Waals surface area contributed by atoms with Gasteiger partial charge < -0.3 is 19.9 Å². The van der Waals surface area contributed by atoms with Crippen LogP contribution in [0.1, 0.15) is 31.7 Å². The standard InChI is InChI=1S/C24H23N3O7S/c1-32-13-19(23(29)30)34-27-22(28)20-10-25-21(35-20)11-26-24(31)33-12-18-16-8-4-2-6-14(16)15-7-3-5-9-17(15)18/h2-10,18-19H,11-13H2,1H3,(H,26,31)(H,27,28)(H,29,30). The fraction of sp³-hybridized carbons (Fsp3) is 0.250. The first-order valence-corrected chi connectivity index (χ1v) is 11.5. The molecule has 10 nitrogen and oxygen atoms in total. The Hall–Kier alpha value is -3.80. The smallest absolute Gasteiger partial charge is 0.407 e. The van der Waals surface area contributed by atoms with Gasteiger partial charge in [-0.3, -0.25) is 9.63 Å². The molecule has 2 aromatic carbocycles. The summed E-state index contributed by atoms with van der Waals surface area (Å²) in [6, 6.07) is 16.1. The van der Waals surface area contributed by atoms with Gasteiger partial charge in [0.05, 0.1) is 19.3 Å². The van der Waals surface area contributed by atoms with E-state index in [9.17, 15) is 14.4 Å². The number of nitrogens with one attached hydrogen (secondary N) is 2. The number of hydrogen-bond acceptors (Lipinski definition) is 8. The van der Waals surface area contributed by atoms with Gasteiger partial charge in [-0.15, -0.1) is 11.3 Å². The molecule has 1 aliphatic rings. The minimum Gasteiger partial charge on any atom is -0.479 e. The van der Waals surface area contributed by atoms with Crippen molar-refractivity contribution in [3.8, 4) is 11.1 Å². The number of nitrogens with zero attached hydrogens (tertiary/aromatic N) is 1. The van der Waals surface area contributed by atoms with Crippen LogP contribution in [0.4, 0.5) is 4.79 Å². The maximum atomic E-state index is 12.3. The first-order valence-electron chi connectivity index (χ1n) is 10.7. The SMILES string of the molecule is COCC(ONC(=O)c1cnc(CNC(=O)OCC2c3ccccc3-c3ccccc32)s1)C(=O)O. The van der Waals surface area contributed by atoms with E-state index in [-0.39, 0.29) is 30.6 Å². The lowest BCUT2D eigenvalue weighted by Gasteiger charge is -2.14. The molecule has 1 aliphatic carbocycles. The van der Waals surface area contributed by atoms with Gasteiger partial charge in [-0.2, -0.15) is 0 Å². The Balaban J connectivity index is 1.27. The summed E-state index contributed by atoms with van der Waals surface area (Å²) >= 11 is 1.03. The molecule has 1 unspecified atom stereocenters. The summed E-state index contributed by atoms with van der Waals surface area (Å²) in [6.07, 6.45) is -0.628. The van der Waals surface area contributed by atoms with Gasteiger partial charge >= 0.3 is 12.1 Å². The molecule has 0 spiro atoms. The van der Waals surface area contributed by atoms with Crippen LogP contribution < -0.4 is 10.8 Å². The number of alkyl carbamates (subject to hydrolysis) is 1. The summed E-state index contributed by atoms with van der Waals surface area (Å²) in [7, 11) is 1.32. The summed E-state index contributed by atoms with van der Waals surface area (Å²) < 4.78 is 10.2. The summed E-state index contributed by atoms with van der Waals surface area (Å²) in [5, 5.41) is 12.1. The van der Waals surface area contributed by atoms with Gasteiger partial charge in [0, 0.05) is 13.0 Å². The topological polar surface area (TPSA) is 136 Å². The summed E-state index contributed by atoms with van der Waals surface area (Å²) in [5.41, 5.74) is 6.60. The van der Waals surface area contributed by atoms with Gasteiger partial charge in [-0.1, -0.05) is 48.5 Å². The highest BCUT2D eigenvalue weighted by atomic mass is 32.1. The predicted molar refractivity (Wildman–Crippen MR) is 126 cm³/mol. The highest BCUT2D eigenvalue weighted by Gasteiger charge is 2.29. The van der Waals surface area contributed by atoms with E-state index in [1.807, 2.05) is 36.4 Å². The maximum absolute atomic E-state index is 12.3. The Bertz CT molecular complexity index is 1180. The number of hydroxylamine groups is 1. The number of rotatable bonds is 10. The maximum Gasteiger partial charge on any atom is 0.407 e. The number of aliphatic carboxylic acids is 1. The number of carbonyl (C=O) groups excluding carboxylic acids is 2. The van der Waals surface area contributed by atoms with E-state index >= 15 is 0 Å². The van der Waals surface area contributed by atoms with Gasteiger partial charge in [0.2, 0.25) is 6.10 Å². The van der Waals surface area contributed by atoms with Crippen LogP contribution in [-0.2, 0) is 25.7 Å². The van der Waals surface area contributed by atoms with Crippen molar-refractivity contribution < 1.29 is 33.8 Å². The van der Waals surface area contributed by atoms with Crippen LogP contribution >= 0.6 is 11.3 Å². The van der Waals surface area contributed by atoms with E-state index in [0.29, 0.717) is 5.01 Å². The largest absolute Gasteiger partial charge is 0.479 e. The van der Waals surface area contributed by atoms with Crippen molar-refractivity contribution in [1.82, 2.24) is 15.8 Å². The minimum absolute atomic E-state index is 0.0453. The molecular weight excluding hydrogens is 474 g/mol. The fourth-order valence-corrected chi connectivity index (χ4v) is 4.52. The molecule has 0 saturated carbocycles. The molecule has 1 atom stereocenters. The summed E-state index contributed by atoms with van der Waals surface area (Å²) in [6.45, 7) is 0.0272. The second-order valence-corrected chi connectivity index (χ2v) is 8.74. The molecule has 0 fully saturated rings. The molecule has 35 heavy (non-hydrogen) atoms. The second kappa shape index (κ2) is 11.1. The number of ether oxygens (including phenoxy) is 2. The molecular formula is C24H23N3O7S. The van der Waals surface area contributed by atoms with Gasteiger partial charge in [0.1, 0.15) is 16.5 Å². The quantitative estimate of drug-likeness (QED) is 0.364. The van der Waals surface area contributed by atoms with Gasteiger partial charge in [0.15, 0.2) is 0 Å². The lowest BCUT2D eigenvalue weighted by Crippen LogP contribution is -2.36. The number of amides is 2. The van der Waals surface area contributed by atoms with E-state index in [2.05, 4.69) is 27.9 Å². The lowest BCUT2D eigenvalue weighted by molar-refractivity contribution is -0.158. The molecule has 0 saturated heterocycles. The second-order valence-electron chi connectivity index (χ2n) is 7.63. The number of carboxylic acid groups (broad SMARTS) is 1. The molecule has 4 rings (SSSR count). The summed E-state index contributed by atoms with van der Waals surface area (Å²) in [4.78, 5) is 44.7. The first kappa shape index (κ1) is 24.3. The van der Waals surface area contributed by atoms with Crippen molar-refractivity contribution in [2.45, 2.75) is 18.6 Å². The van der Waals surface area contributed by atoms with E-state index in [4.69, 9.17) is 19.4 Å². The van der Waals surface area contributed by atoms with Crippen LogP contribution in [0.2, 0.25) is 0 Å². The molecule has 1 heterocycles. The Morgan fingerprint density at radius 3 is 2.37 bits per heavy atom. The minimum atomic E-state index is -1.34. The van der Waals surface area contributed by atoms with Crippen molar-refractivity contribution >= 4 is 29.3 Å². The average Bonchev–Trinajstić information content (AvgIpc) is 3.47. The van der Waals surface area contributed by atoms with Crippen molar-refractivity contribution in [3.05, 3.63) is 75.7 Å². The van der Waals surface area contributed by atoms with Crippen LogP contribution in [-0.4, -0.2) is 54.5 Å². The number of aromatic nitrogens is 1. The molecule has 0 aliphatic heterocycles. The van der Waals surface area contributed by atoms with Crippen LogP contribution in [0, 0.1) is 0 Å². The number of thiazole rings is 1. The Morgan fingerprint density at radius 2 is 1.74 bits per heavy atom. The lowest BCUT2D eigenvalue weighted by atomic mass is 9.98. The zero-order chi connectivity index (χ0) is 24.8. The highest BCUT2D eigenvalue weighted by molar-refractivity contribution is 7.13. The van der Waals surface area contributed by atoms with Crippen LogP contribution in [0.15, 0.2) is 54.7 Å². The Kier molecular flexibility index (Phi) is 7.70. The Morgan fingerprint density at radius 1 is 1.09 bits per heavy atom. The molecule has 182 valence electrons. The van der Waals surface area contributed by atoms with E-state index in [1.165, 1.54) is 13.3 Å². The molecule has 0 radical (unpaired) electrons. The molecule has 3 aromatic rings. The Labute approximate surface area is 204 Å². The molecule has 1 aromatic heterocycles. The third-order valence-corrected chi connectivity index (χ3v) is 6.39. The average molecular weight is 498 g/mol. The van der Waals surface area contributed by atoms with Crippen LogP contribution in [0.3, 0.4) is 0 Å². The number of carboxylic acids is 1. The van der Waals surface area contributed by atoms with Crippen LogP contribution in [0.25, 0.3) is 11.1 Å². The zero-order valence-electron chi connectivity index (χ0n) is 18.7. The van der Waals surface area contributed by atoms with Gasteiger partial charge in [0.25, 0.3) is 5.91 Å². The molecule has 11 heteroatoms. The summed E-state index contributed by atoms with van der Waals surface area (Å²) in [5.74, 6) is -1.97. The van der Waals surface area contributed by atoms with Crippen molar-refractivity contribution in [1.29, 1.82) is 0 Å². The molecule has 3 N–H and O–H groups in total. The number of carbonyl (C=O) groups is 3. The van der Waals surface area contributed by atoms with Gasteiger partial charge in [-0.25, -0.2) is 20.1 Å². The van der Waals surface area contributed by atoms with E-state index in [1.54, 1.807) is 0 Å². The van der Waals surface area contributed by atoms with E-state index < -0.39 is 24.1 Å². The third-order valence-electron chi connectivity index (χ3n) is 5.39. The third kappa shape index (κ3) is 5.65.